The highest BCUT2D eigenvalue weighted by Crippen LogP contribution is 2.26. The van der Waals surface area contributed by atoms with E-state index in [1.807, 2.05) is 50.2 Å². The van der Waals surface area contributed by atoms with Gasteiger partial charge in [0.1, 0.15) is 5.56 Å². The number of carbonyl (C=O) groups is 2. The molecule has 0 unspecified atom stereocenters. The van der Waals surface area contributed by atoms with E-state index in [0.717, 1.165) is 27.6 Å². The van der Waals surface area contributed by atoms with Crippen LogP contribution in [0.15, 0.2) is 54.7 Å². The van der Waals surface area contributed by atoms with Crippen molar-refractivity contribution >= 4 is 40.2 Å². The van der Waals surface area contributed by atoms with E-state index in [9.17, 15) is 9.59 Å². The molecule has 0 saturated carbocycles. The number of hydrogen-bond acceptors (Lipinski definition) is 5. The Labute approximate surface area is 202 Å². The molecule has 0 radical (unpaired) electrons. The Balaban J connectivity index is 1.68. The summed E-state index contributed by atoms with van der Waals surface area (Å²) in [7, 11) is 0. The van der Waals surface area contributed by atoms with Gasteiger partial charge in [-0.05, 0) is 62.1 Å². The molecular formula is C26H25ClN4O3. The van der Waals surface area contributed by atoms with Gasteiger partial charge in [-0.2, -0.15) is 9.78 Å². The molecule has 34 heavy (non-hydrogen) atoms. The summed E-state index contributed by atoms with van der Waals surface area (Å²) in [6.45, 7) is 5.92. The van der Waals surface area contributed by atoms with Gasteiger partial charge in [0, 0.05) is 16.8 Å². The number of anilines is 1. The maximum absolute atomic E-state index is 12.8. The zero-order valence-electron chi connectivity index (χ0n) is 19.3. The number of para-hydroxylation sites is 1. The van der Waals surface area contributed by atoms with Crippen LogP contribution in [-0.4, -0.2) is 33.2 Å². The van der Waals surface area contributed by atoms with Crippen molar-refractivity contribution in [2.24, 2.45) is 0 Å². The lowest BCUT2D eigenvalue weighted by molar-refractivity contribution is -0.116. The smallest absolute Gasteiger partial charge is 0.343 e. The van der Waals surface area contributed by atoms with Crippen molar-refractivity contribution < 1.29 is 14.3 Å². The molecule has 2 aromatic heterocycles. The number of benzene rings is 2. The second kappa shape index (κ2) is 10.1. The van der Waals surface area contributed by atoms with Gasteiger partial charge < -0.3 is 10.1 Å². The number of aromatic nitrogens is 3. The number of nitrogens with one attached hydrogen (secondary N) is 1. The molecule has 0 bridgehead atoms. The van der Waals surface area contributed by atoms with E-state index in [4.69, 9.17) is 21.3 Å². The normalized spacial score (nSPS) is 10.9. The van der Waals surface area contributed by atoms with E-state index in [-0.39, 0.29) is 30.3 Å². The van der Waals surface area contributed by atoms with Crippen molar-refractivity contribution in [2.75, 3.05) is 11.9 Å². The van der Waals surface area contributed by atoms with Crippen molar-refractivity contribution in [1.82, 2.24) is 14.8 Å². The third-order valence-corrected chi connectivity index (χ3v) is 5.78. The van der Waals surface area contributed by atoms with E-state index in [2.05, 4.69) is 10.4 Å². The molecule has 1 amide bonds. The minimum Gasteiger partial charge on any atom is -0.462 e. The molecule has 0 aliphatic carbocycles. The van der Waals surface area contributed by atoms with Gasteiger partial charge in [-0.3, -0.25) is 4.79 Å². The first-order chi connectivity index (χ1) is 16.4. The first kappa shape index (κ1) is 23.4. The largest absolute Gasteiger partial charge is 0.462 e. The highest BCUT2D eigenvalue weighted by Gasteiger charge is 2.22. The number of rotatable bonds is 7. The summed E-state index contributed by atoms with van der Waals surface area (Å²) >= 11 is 5.94. The Bertz CT molecular complexity index is 1360. The second-order valence-electron chi connectivity index (χ2n) is 7.98. The van der Waals surface area contributed by atoms with Crippen LogP contribution >= 0.6 is 11.6 Å². The number of amides is 1. The number of ether oxygens (including phenoxy) is 1. The number of esters is 1. The van der Waals surface area contributed by atoms with E-state index >= 15 is 0 Å². The molecule has 1 N–H and O–H groups in total. The van der Waals surface area contributed by atoms with Crippen LogP contribution in [-0.2, 0) is 16.0 Å². The van der Waals surface area contributed by atoms with Crippen molar-refractivity contribution in [1.29, 1.82) is 0 Å². The molecule has 7 nitrogen and oxygen atoms in total. The molecule has 8 heteroatoms. The quantitative estimate of drug-likeness (QED) is 0.359. The predicted molar refractivity (Wildman–Crippen MR) is 133 cm³/mol. The van der Waals surface area contributed by atoms with Crippen LogP contribution in [0.2, 0.25) is 5.02 Å². The maximum atomic E-state index is 12.8. The Morgan fingerprint density at radius 3 is 2.59 bits per heavy atom. The summed E-state index contributed by atoms with van der Waals surface area (Å²) in [5.41, 5.74) is 4.03. The van der Waals surface area contributed by atoms with Crippen molar-refractivity contribution in [3.63, 3.8) is 0 Å². The Morgan fingerprint density at radius 1 is 1.09 bits per heavy atom. The summed E-state index contributed by atoms with van der Waals surface area (Å²) in [6, 6.07) is 15.2. The van der Waals surface area contributed by atoms with Crippen molar-refractivity contribution in [3.8, 4) is 5.82 Å². The molecule has 2 heterocycles. The summed E-state index contributed by atoms with van der Waals surface area (Å²) in [6.07, 6.45) is 2.14. The van der Waals surface area contributed by atoms with Crippen LogP contribution in [0.3, 0.4) is 0 Å². The zero-order chi connectivity index (χ0) is 24.2. The number of aryl methyl sites for hydroxylation is 3. The Kier molecular flexibility index (Phi) is 6.93. The lowest BCUT2D eigenvalue weighted by Crippen LogP contribution is -2.19. The van der Waals surface area contributed by atoms with Gasteiger partial charge >= 0.3 is 5.97 Å². The standard InChI is InChI=1S/C26H25ClN4O3/c1-4-34-26(33)21-15-28-31(22-14-17(3)20-7-5-6-16(2)24(20)29-22)25(21)30-23(32)13-10-18-8-11-19(27)12-9-18/h5-9,11-12,14-15H,4,10,13H2,1-3H3,(H,30,32). The number of nitrogens with zero attached hydrogens (tertiary/aromatic N) is 3. The minimum atomic E-state index is -0.560. The Hall–Kier alpha value is -3.71. The van der Waals surface area contributed by atoms with Crippen LogP contribution in [0.4, 0.5) is 5.82 Å². The molecular weight excluding hydrogens is 452 g/mol. The lowest BCUT2D eigenvalue weighted by Gasteiger charge is -2.13. The van der Waals surface area contributed by atoms with E-state index in [1.165, 1.54) is 10.9 Å². The number of fused-ring (bicyclic) bond motifs is 1. The SMILES string of the molecule is CCOC(=O)c1cnn(-c2cc(C)c3cccc(C)c3n2)c1NC(=O)CCc1ccc(Cl)cc1. The summed E-state index contributed by atoms with van der Waals surface area (Å²) in [4.78, 5) is 30.2. The minimum absolute atomic E-state index is 0.172. The molecule has 4 aromatic rings. The van der Waals surface area contributed by atoms with E-state index < -0.39 is 5.97 Å². The molecule has 0 saturated heterocycles. The van der Waals surface area contributed by atoms with E-state index in [1.54, 1.807) is 19.1 Å². The van der Waals surface area contributed by atoms with Gasteiger partial charge in [0.05, 0.1) is 18.3 Å². The first-order valence-electron chi connectivity index (χ1n) is 11.0. The monoisotopic (exact) mass is 476 g/mol. The average Bonchev–Trinajstić information content (AvgIpc) is 3.23. The van der Waals surface area contributed by atoms with Crippen LogP contribution in [0.5, 0.6) is 0 Å². The fourth-order valence-electron chi connectivity index (χ4n) is 3.76. The summed E-state index contributed by atoms with van der Waals surface area (Å²) in [5, 5.41) is 8.91. The van der Waals surface area contributed by atoms with Crippen molar-refractivity contribution in [3.05, 3.63) is 82.0 Å². The predicted octanol–water partition coefficient (Wildman–Crippen LogP) is 5.44. The van der Waals surface area contributed by atoms with Crippen LogP contribution in [0.25, 0.3) is 16.7 Å². The number of halogens is 1. The third kappa shape index (κ3) is 4.94. The molecule has 2 aromatic carbocycles. The number of hydrogen-bond donors (Lipinski definition) is 1. The fourth-order valence-corrected chi connectivity index (χ4v) is 3.88. The van der Waals surface area contributed by atoms with Gasteiger partial charge in [0.15, 0.2) is 11.6 Å². The second-order valence-corrected chi connectivity index (χ2v) is 8.42. The van der Waals surface area contributed by atoms with Crippen molar-refractivity contribution in [2.45, 2.75) is 33.6 Å². The van der Waals surface area contributed by atoms with Crippen LogP contribution in [0, 0.1) is 13.8 Å². The highest BCUT2D eigenvalue weighted by atomic mass is 35.5. The van der Waals surface area contributed by atoms with E-state index in [0.29, 0.717) is 17.3 Å². The van der Waals surface area contributed by atoms with Gasteiger partial charge in [-0.25, -0.2) is 9.78 Å². The average molecular weight is 477 g/mol. The summed E-state index contributed by atoms with van der Waals surface area (Å²) in [5.74, 6) is -0.0753. The molecule has 0 aliphatic heterocycles. The number of pyridine rings is 1. The molecule has 0 aliphatic rings. The molecule has 4 rings (SSSR count). The highest BCUT2D eigenvalue weighted by molar-refractivity contribution is 6.30. The van der Waals surface area contributed by atoms with Gasteiger partial charge in [0.2, 0.25) is 5.91 Å². The van der Waals surface area contributed by atoms with Gasteiger partial charge in [-0.1, -0.05) is 41.9 Å². The molecule has 0 spiro atoms. The molecule has 174 valence electrons. The van der Waals surface area contributed by atoms with Crippen LogP contribution in [0.1, 0.15) is 40.4 Å². The third-order valence-electron chi connectivity index (χ3n) is 5.53. The first-order valence-corrected chi connectivity index (χ1v) is 11.4. The molecule has 0 fully saturated rings. The maximum Gasteiger partial charge on any atom is 0.343 e. The zero-order valence-corrected chi connectivity index (χ0v) is 20.0. The topological polar surface area (TPSA) is 86.1 Å². The van der Waals surface area contributed by atoms with Crippen LogP contribution < -0.4 is 5.32 Å². The fraction of sp³-hybridized carbons (Fsp3) is 0.231. The Morgan fingerprint density at radius 2 is 1.85 bits per heavy atom. The molecule has 0 atom stereocenters. The van der Waals surface area contributed by atoms with Gasteiger partial charge in [-0.15, -0.1) is 0 Å². The summed E-state index contributed by atoms with van der Waals surface area (Å²) < 4.78 is 6.65. The lowest BCUT2D eigenvalue weighted by atomic mass is 10.1. The number of carbonyl (C=O) groups excluding carboxylic acids is 2. The van der Waals surface area contributed by atoms with Gasteiger partial charge in [0.25, 0.3) is 0 Å².